The van der Waals surface area contributed by atoms with E-state index in [4.69, 9.17) is 11.5 Å². The lowest BCUT2D eigenvalue weighted by Gasteiger charge is -2.11. The van der Waals surface area contributed by atoms with Crippen LogP contribution in [0, 0.1) is 12.3 Å². The quantitative estimate of drug-likeness (QED) is 0.632. The molecule has 3 N–H and O–H groups in total. The SMILES string of the molecule is C#CCC(O)CNc1cnccc1C(=O)O. The molecule has 0 aliphatic rings. The summed E-state index contributed by atoms with van der Waals surface area (Å²) in [5.41, 5.74) is 0.481. The van der Waals surface area contributed by atoms with Gasteiger partial charge in [0.2, 0.25) is 0 Å². The first kappa shape index (κ1) is 12.0. The summed E-state index contributed by atoms with van der Waals surface area (Å²) in [6.07, 6.45) is 7.34. The van der Waals surface area contributed by atoms with Crippen LogP contribution < -0.4 is 5.32 Å². The second-order valence-electron chi connectivity index (χ2n) is 3.17. The Labute approximate surface area is 93.1 Å². The van der Waals surface area contributed by atoms with E-state index >= 15 is 0 Å². The number of hydrogen-bond donors (Lipinski definition) is 3. The summed E-state index contributed by atoms with van der Waals surface area (Å²) in [4.78, 5) is 14.6. The fourth-order valence-corrected chi connectivity index (χ4v) is 1.16. The van der Waals surface area contributed by atoms with Crippen molar-refractivity contribution < 1.29 is 15.0 Å². The van der Waals surface area contributed by atoms with Crippen molar-refractivity contribution in [3.8, 4) is 12.3 Å². The van der Waals surface area contributed by atoms with Crippen molar-refractivity contribution in [3.63, 3.8) is 0 Å². The smallest absolute Gasteiger partial charge is 0.337 e. The number of nitrogens with zero attached hydrogens (tertiary/aromatic N) is 1. The molecule has 84 valence electrons. The second-order valence-corrected chi connectivity index (χ2v) is 3.17. The Morgan fingerprint density at radius 3 is 3.06 bits per heavy atom. The Bertz CT molecular complexity index is 412. The highest BCUT2D eigenvalue weighted by atomic mass is 16.4. The predicted octanol–water partition coefficient (Wildman–Crippen LogP) is 0.576. The third-order valence-corrected chi connectivity index (χ3v) is 1.93. The van der Waals surface area contributed by atoms with Crippen molar-refractivity contribution >= 4 is 11.7 Å². The molecule has 0 amide bonds. The number of aliphatic hydroxyl groups excluding tert-OH is 1. The zero-order valence-corrected chi connectivity index (χ0v) is 8.55. The minimum atomic E-state index is -1.05. The van der Waals surface area contributed by atoms with Crippen molar-refractivity contribution in [1.29, 1.82) is 0 Å². The van der Waals surface area contributed by atoms with Crippen LogP contribution in [0.5, 0.6) is 0 Å². The number of carboxylic acid groups (broad SMARTS) is 1. The summed E-state index contributed by atoms with van der Waals surface area (Å²) in [5, 5.41) is 21.0. The maximum atomic E-state index is 10.8. The third kappa shape index (κ3) is 3.26. The van der Waals surface area contributed by atoms with Gasteiger partial charge in [0, 0.05) is 19.2 Å². The largest absolute Gasteiger partial charge is 0.478 e. The number of carbonyl (C=O) groups is 1. The van der Waals surface area contributed by atoms with Gasteiger partial charge < -0.3 is 15.5 Å². The Balaban J connectivity index is 2.67. The van der Waals surface area contributed by atoms with Crippen LogP contribution in [0.3, 0.4) is 0 Å². The number of hydrogen-bond acceptors (Lipinski definition) is 4. The summed E-state index contributed by atoms with van der Waals surface area (Å²) in [6.45, 7) is 0.191. The monoisotopic (exact) mass is 220 g/mol. The maximum absolute atomic E-state index is 10.8. The van der Waals surface area contributed by atoms with Gasteiger partial charge in [-0.25, -0.2) is 4.79 Å². The van der Waals surface area contributed by atoms with Crippen LogP contribution in [-0.4, -0.2) is 33.8 Å². The van der Waals surface area contributed by atoms with E-state index < -0.39 is 12.1 Å². The Hall–Kier alpha value is -2.06. The molecule has 1 rings (SSSR count). The van der Waals surface area contributed by atoms with Crippen LogP contribution in [0.1, 0.15) is 16.8 Å². The molecule has 0 aliphatic carbocycles. The molecule has 1 heterocycles. The van der Waals surface area contributed by atoms with Crippen molar-refractivity contribution in [2.24, 2.45) is 0 Å². The predicted molar refractivity (Wildman–Crippen MR) is 59.1 cm³/mol. The van der Waals surface area contributed by atoms with Gasteiger partial charge in [0.1, 0.15) is 0 Å². The zero-order chi connectivity index (χ0) is 12.0. The number of nitrogens with one attached hydrogen (secondary N) is 1. The summed E-state index contributed by atoms with van der Waals surface area (Å²) in [7, 11) is 0. The van der Waals surface area contributed by atoms with Crippen LogP contribution >= 0.6 is 0 Å². The molecule has 1 aromatic rings. The minimum Gasteiger partial charge on any atom is -0.478 e. The van der Waals surface area contributed by atoms with Gasteiger partial charge in [0.25, 0.3) is 0 Å². The molecule has 0 saturated carbocycles. The van der Waals surface area contributed by atoms with Gasteiger partial charge in [0.15, 0.2) is 0 Å². The first-order valence-electron chi connectivity index (χ1n) is 4.68. The molecule has 1 aromatic heterocycles. The van der Waals surface area contributed by atoms with Crippen molar-refractivity contribution in [1.82, 2.24) is 4.98 Å². The molecular formula is C11H12N2O3. The lowest BCUT2D eigenvalue weighted by Crippen LogP contribution is -2.20. The first-order chi connectivity index (χ1) is 7.65. The van der Waals surface area contributed by atoms with Gasteiger partial charge in [-0.05, 0) is 6.07 Å². The number of pyridine rings is 1. The van der Waals surface area contributed by atoms with Gasteiger partial charge >= 0.3 is 5.97 Å². The normalized spacial score (nSPS) is 11.5. The maximum Gasteiger partial charge on any atom is 0.337 e. The fourth-order valence-electron chi connectivity index (χ4n) is 1.16. The lowest BCUT2D eigenvalue weighted by molar-refractivity contribution is 0.0697. The van der Waals surface area contributed by atoms with E-state index in [0.29, 0.717) is 5.69 Å². The number of carboxylic acids is 1. The highest BCUT2D eigenvalue weighted by Gasteiger charge is 2.10. The summed E-state index contributed by atoms with van der Waals surface area (Å²) in [5.74, 6) is 1.27. The van der Waals surface area contributed by atoms with Crippen LogP contribution in [-0.2, 0) is 0 Å². The van der Waals surface area contributed by atoms with E-state index in [-0.39, 0.29) is 18.5 Å². The number of anilines is 1. The molecule has 0 fully saturated rings. The highest BCUT2D eigenvalue weighted by molar-refractivity contribution is 5.93. The molecule has 5 heteroatoms. The van der Waals surface area contributed by atoms with Gasteiger partial charge in [-0.15, -0.1) is 12.3 Å². The van der Waals surface area contributed by atoms with Crippen LogP contribution in [0.4, 0.5) is 5.69 Å². The van der Waals surface area contributed by atoms with E-state index in [0.717, 1.165) is 0 Å². The second kappa shape index (κ2) is 5.73. The number of rotatable bonds is 5. The first-order valence-corrected chi connectivity index (χ1v) is 4.68. The molecule has 0 radical (unpaired) electrons. The molecule has 16 heavy (non-hydrogen) atoms. The molecule has 0 aliphatic heterocycles. The lowest BCUT2D eigenvalue weighted by atomic mass is 10.2. The summed E-state index contributed by atoms with van der Waals surface area (Å²) >= 11 is 0. The molecule has 1 atom stereocenters. The summed E-state index contributed by atoms with van der Waals surface area (Å²) < 4.78 is 0. The van der Waals surface area contributed by atoms with Crippen LogP contribution in [0.15, 0.2) is 18.5 Å². The van der Waals surface area contributed by atoms with E-state index in [9.17, 15) is 9.90 Å². The number of terminal acetylenes is 1. The average Bonchev–Trinajstić information content (AvgIpc) is 2.27. The standard InChI is InChI=1S/C11H12N2O3/c1-2-3-8(14)6-13-10-7-12-5-4-9(10)11(15)16/h1,4-5,7-8,13-14H,3,6H2,(H,15,16). The topological polar surface area (TPSA) is 82.5 Å². The van der Waals surface area contributed by atoms with Gasteiger partial charge in [0.05, 0.1) is 23.6 Å². The van der Waals surface area contributed by atoms with Crippen LogP contribution in [0.25, 0.3) is 0 Å². The fraction of sp³-hybridized carbons (Fsp3) is 0.273. The van der Waals surface area contributed by atoms with Gasteiger partial charge in [-0.3, -0.25) is 4.98 Å². The van der Waals surface area contributed by atoms with E-state index in [1.165, 1.54) is 18.5 Å². The third-order valence-electron chi connectivity index (χ3n) is 1.93. The molecule has 0 saturated heterocycles. The average molecular weight is 220 g/mol. The molecule has 5 nitrogen and oxygen atoms in total. The van der Waals surface area contributed by atoms with E-state index in [1.54, 1.807) is 0 Å². The summed E-state index contributed by atoms with van der Waals surface area (Å²) in [6, 6.07) is 1.39. The van der Waals surface area contributed by atoms with E-state index in [1.807, 2.05) is 0 Å². The van der Waals surface area contributed by atoms with Gasteiger partial charge in [-0.2, -0.15) is 0 Å². The highest BCUT2D eigenvalue weighted by Crippen LogP contribution is 2.13. The molecule has 1 unspecified atom stereocenters. The number of aliphatic hydroxyl groups is 1. The molecule has 0 aromatic carbocycles. The van der Waals surface area contributed by atoms with Crippen molar-refractivity contribution in [2.45, 2.75) is 12.5 Å². The van der Waals surface area contributed by atoms with Crippen molar-refractivity contribution in [3.05, 3.63) is 24.0 Å². The van der Waals surface area contributed by atoms with Crippen molar-refractivity contribution in [2.75, 3.05) is 11.9 Å². The molecular weight excluding hydrogens is 208 g/mol. The Morgan fingerprint density at radius 2 is 2.44 bits per heavy atom. The number of aromatic nitrogens is 1. The van der Waals surface area contributed by atoms with E-state index in [2.05, 4.69) is 16.2 Å². The van der Waals surface area contributed by atoms with Crippen LogP contribution in [0.2, 0.25) is 0 Å². The molecule has 0 bridgehead atoms. The molecule has 0 spiro atoms. The zero-order valence-electron chi connectivity index (χ0n) is 8.55. The number of aromatic carboxylic acids is 1. The Kier molecular flexibility index (Phi) is 4.30. The Morgan fingerprint density at radius 1 is 1.69 bits per heavy atom. The van der Waals surface area contributed by atoms with Gasteiger partial charge in [-0.1, -0.05) is 0 Å². The minimum absolute atomic E-state index is 0.114.